The quantitative estimate of drug-likeness (QED) is 0.155. The van der Waals surface area contributed by atoms with Gasteiger partial charge >= 0.3 is 11.7 Å². The van der Waals surface area contributed by atoms with Crippen molar-refractivity contribution in [2.24, 2.45) is 0 Å². The van der Waals surface area contributed by atoms with Gasteiger partial charge in [-0.1, -0.05) is 124 Å². The maximum atomic E-state index is 8.61. The number of para-hydroxylation sites is 2. The van der Waals surface area contributed by atoms with Crippen LogP contribution in [-0.4, -0.2) is 4.57 Å². The van der Waals surface area contributed by atoms with E-state index in [0.717, 1.165) is 73.8 Å². The predicted molar refractivity (Wildman–Crippen MR) is 233 cm³/mol. The van der Waals surface area contributed by atoms with Crippen molar-refractivity contribution in [3.63, 3.8) is 0 Å². The average Bonchev–Trinajstić information content (AvgIpc) is 3.77. The summed E-state index contributed by atoms with van der Waals surface area (Å²) in [5, 5.41) is 0. The van der Waals surface area contributed by atoms with Crippen LogP contribution in [0.25, 0.3) is 83.9 Å². The van der Waals surface area contributed by atoms with Crippen LogP contribution >= 0.6 is 0 Å². The lowest BCUT2D eigenvalue weighted by atomic mass is 9.85. The van der Waals surface area contributed by atoms with Crippen LogP contribution in [0.2, 0.25) is 0 Å². The second-order valence-corrected chi connectivity index (χ2v) is 16.0. The molecule has 4 heteroatoms. The Hall–Kier alpha value is -7.04. The van der Waals surface area contributed by atoms with Crippen molar-refractivity contribution in [1.29, 1.82) is 0 Å². The molecule has 12 rings (SSSR count). The Morgan fingerprint density at radius 1 is 0.603 bits per heavy atom. The summed E-state index contributed by atoms with van der Waals surface area (Å²) in [6.45, 7) is 6.13. The van der Waals surface area contributed by atoms with E-state index < -0.39 is 11.7 Å². The SMILES string of the molecule is [2H]C(C)(C)c1ccc(-c2cc[n+]3c(c2)-c2cc(-c4ccccc4)cc4c2C32Oc3ccccc3-c3n(-c5ccc(-c6ccccc6)c(CC)c5)c5cccc-4c5[n+]32)cc1. The van der Waals surface area contributed by atoms with Gasteiger partial charge in [-0.05, 0) is 111 Å². The summed E-state index contributed by atoms with van der Waals surface area (Å²) in [5.74, 6) is 0.232. The number of ether oxygens (including phenoxy) is 1. The summed E-state index contributed by atoms with van der Waals surface area (Å²) in [6.07, 6.45) is 3.14. The maximum absolute atomic E-state index is 8.61. The highest BCUT2D eigenvalue weighted by molar-refractivity contribution is 5.99. The lowest BCUT2D eigenvalue weighted by Crippen LogP contribution is -2.78. The predicted octanol–water partition coefficient (Wildman–Crippen LogP) is 12.1. The van der Waals surface area contributed by atoms with E-state index >= 15 is 0 Å². The molecule has 0 saturated heterocycles. The zero-order chi connectivity index (χ0) is 39.6. The van der Waals surface area contributed by atoms with Crippen molar-refractivity contribution in [3.8, 4) is 78.6 Å². The number of rotatable bonds is 6. The first-order valence-electron chi connectivity index (χ1n) is 20.8. The van der Waals surface area contributed by atoms with Crippen LogP contribution in [0, 0.1) is 0 Å². The summed E-state index contributed by atoms with van der Waals surface area (Å²) in [5.41, 5.74) is 19.6. The number of imidazole rings is 1. The Balaban J connectivity index is 1.18. The average molecular weight is 749 g/mol. The second kappa shape index (κ2) is 12.2. The first kappa shape index (κ1) is 32.1. The highest BCUT2D eigenvalue weighted by Gasteiger charge is 2.68. The first-order valence-corrected chi connectivity index (χ1v) is 20.3. The fourth-order valence-electron chi connectivity index (χ4n) is 9.92. The van der Waals surface area contributed by atoms with E-state index in [-0.39, 0.29) is 0 Å². The lowest BCUT2D eigenvalue weighted by Gasteiger charge is -2.32. The molecular formula is C54H41N3O+2. The van der Waals surface area contributed by atoms with E-state index in [9.17, 15) is 0 Å². The third kappa shape index (κ3) is 4.46. The fourth-order valence-corrected chi connectivity index (χ4v) is 9.92. The Bertz CT molecular complexity index is 3200. The number of nitrogens with zero attached hydrogens (tertiary/aromatic N) is 3. The summed E-state index contributed by atoms with van der Waals surface area (Å²) in [4.78, 5) is 0. The van der Waals surface area contributed by atoms with E-state index in [1.165, 1.54) is 38.9 Å². The van der Waals surface area contributed by atoms with Crippen LogP contribution in [0.3, 0.4) is 0 Å². The molecule has 0 aliphatic carbocycles. The molecule has 0 radical (unpaired) electrons. The van der Waals surface area contributed by atoms with Crippen LogP contribution in [0.5, 0.6) is 5.75 Å². The normalized spacial score (nSPS) is 15.7. The van der Waals surface area contributed by atoms with Gasteiger partial charge in [-0.15, -0.1) is 9.13 Å². The number of aromatic nitrogens is 3. The number of hydrogen-bond acceptors (Lipinski definition) is 1. The van der Waals surface area contributed by atoms with E-state index in [1.54, 1.807) is 0 Å². The molecule has 1 atom stereocenters. The minimum atomic E-state index is -1.04. The summed E-state index contributed by atoms with van der Waals surface area (Å²) < 4.78 is 23.6. The van der Waals surface area contributed by atoms with Gasteiger partial charge in [0.25, 0.3) is 0 Å². The Kier molecular flexibility index (Phi) is 6.77. The molecule has 0 amide bonds. The number of benzene rings is 7. The minimum absolute atomic E-state index is 0.667. The molecule has 9 aromatic rings. The molecule has 0 saturated carbocycles. The van der Waals surface area contributed by atoms with E-state index in [0.29, 0.717) is 0 Å². The molecule has 0 N–H and O–H groups in total. The van der Waals surface area contributed by atoms with E-state index in [1.807, 2.05) is 13.8 Å². The molecule has 0 bridgehead atoms. The van der Waals surface area contributed by atoms with Crippen LogP contribution in [0.4, 0.5) is 0 Å². The number of fused-ring (bicyclic) bond motifs is 5. The molecule has 5 heterocycles. The third-order valence-electron chi connectivity index (χ3n) is 12.6. The molecule has 3 aliphatic rings. The highest BCUT2D eigenvalue weighted by Crippen LogP contribution is 2.54. The maximum Gasteiger partial charge on any atom is 0.499 e. The van der Waals surface area contributed by atoms with Gasteiger partial charge in [0.2, 0.25) is 5.69 Å². The summed E-state index contributed by atoms with van der Waals surface area (Å²) in [7, 11) is 0. The van der Waals surface area contributed by atoms with Crippen molar-refractivity contribution in [1.82, 2.24) is 4.57 Å². The Labute approximate surface area is 339 Å². The van der Waals surface area contributed by atoms with Gasteiger partial charge in [-0.2, -0.15) is 4.57 Å². The van der Waals surface area contributed by atoms with Crippen LogP contribution in [0.15, 0.2) is 176 Å². The highest BCUT2D eigenvalue weighted by atomic mass is 16.5. The smallest absolute Gasteiger partial charge is 0.392 e. The van der Waals surface area contributed by atoms with Gasteiger partial charge in [0, 0.05) is 24.6 Å². The van der Waals surface area contributed by atoms with Gasteiger partial charge in [-0.3, -0.25) is 0 Å². The monoisotopic (exact) mass is 748 g/mol. The number of aryl methyl sites for hydroxylation is 1. The second-order valence-electron chi connectivity index (χ2n) is 16.0. The van der Waals surface area contributed by atoms with Gasteiger partial charge in [0.15, 0.2) is 17.2 Å². The molecule has 3 aliphatic heterocycles. The Morgan fingerprint density at radius 3 is 2.09 bits per heavy atom. The van der Waals surface area contributed by atoms with Gasteiger partial charge in [0.05, 0.1) is 5.56 Å². The zero-order valence-electron chi connectivity index (χ0n) is 33.7. The first-order chi connectivity index (χ1) is 28.8. The number of hydrogen-bond donors (Lipinski definition) is 0. The molecular weight excluding hydrogens is 707 g/mol. The van der Waals surface area contributed by atoms with Gasteiger partial charge in [0.1, 0.15) is 22.6 Å². The molecule has 1 spiro atoms. The topological polar surface area (TPSA) is 21.9 Å². The molecule has 7 aromatic carbocycles. The van der Waals surface area contributed by atoms with Crippen molar-refractivity contribution in [2.75, 3.05) is 0 Å². The summed E-state index contributed by atoms with van der Waals surface area (Å²) >= 11 is 0. The van der Waals surface area contributed by atoms with Gasteiger partial charge in [-0.25, -0.2) is 0 Å². The van der Waals surface area contributed by atoms with Crippen LogP contribution in [0.1, 0.15) is 44.7 Å². The van der Waals surface area contributed by atoms with E-state index in [2.05, 4.69) is 197 Å². The minimum Gasteiger partial charge on any atom is -0.392 e. The molecule has 1 unspecified atom stereocenters. The van der Waals surface area contributed by atoms with Crippen molar-refractivity contribution in [2.45, 2.75) is 38.9 Å². The van der Waals surface area contributed by atoms with Crippen molar-refractivity contribution < 1.29 is 15.2 Å². The third-order valence-corrected chi connectivity index (χ3v) is 12.6. The van der Waals surface area contributed by atoms with Crippen LogP contribution in [-0.2, 0) is 12.3 Å². The van der Waals surface area contributed by atoms with Crippen LogP contribution < -0.4 is 13.9 Å². The molecule has 4 nitrogen and oxygen atoms in total. The van der Waals surface area contributed by atoms with Crippen molar-refractivity contribution >= 4 is 11.0 Å². The lowest BCUT2D eigenvalue weighted by molar-refractivity contribution is -0.997. The Morgan fingerprint density at radius 2 is 1.31 bits per heavy atom. The van der Waals surface area contributed by atoms with Crippen molar-refractivity contribution in [3.05, 3.63) is 193 Å². The molecule has 2 aromatic heterocycles. The molecule has 0 fully saturated rings. The number of pyridine rings is 1. The standard InChI is InChI=1S/C54H41N3O/c1-4-35-30-42(26-27-43(35)39-16-9-6-10-17-39)56-48-20-13-19-44-46-31-41(37-14-7-5-8-15-37)32-47-49-33-40(38-24-22-36(23-25-38)34(2)3)28-29-55(49)54(51(46)47)57(52(44)48)53(56)45-18-11-12-21-50(45)58-54/h5-34H,4H2,1-3H3/q+2/i34D. The van der Waals surface area contributed by atoms with Gasteiger partial charge < -0.3 is 4.74 Å². The molecule has 276 valence electrons. The van der Waals surface area contributed by atoms with E-state index in [4.69, 9.17) is 6.11 Å². The molecule has 58 heavy (non-hydrogen) atoms. The fraction of sp³-hybridized carbons (Fsp3) is 0.111. The summed E-state index contributed by atoms with van der Waals surface area (Å²) in [6, 6.07) is 61.5. The zero-order valence-corrected chi connectivity index (χ0v) is 32.7. The largest absolute Gasteiger partial charge is 0.499 e.